The van der Waals surface area contributed by atoms with E-state index >= 15 is 0 Å². The van der Waals surface area contributed by atoms with Gasteiger partial charge in [-0.1, -0.05) is 6.07 Å². The second-order valence-corrected chi connectivity index (χ2v) is 5.41. The highest BCUT2D eigenvalue weighted by Crippen LogP contribution is 2.30. The summed E-state index contributed by atoms with van der Waals surface area (Å²) in [6.07, 6.45) is 0. The average molecular weight is 345 g/mol. The van der Waals surface area contributed by atoms with E-state index in [-0.39, 0.29) is 11.9 Å². The molecule has 0 aromatic heterocycles. The lowest BCUT2D eigenvalue weighted by atomic mass is 10.1. The second kappa shape index (κ2) is 8.28. The van der Waals surface area contributed by atoms with Crippen molar-refractivity contribution < 1.29 is 23.7 Å². The molecule has 134 valence electrons. The molecule has 25 heavy (non-hydrogen) atoms. The number of carbonyl (C=O) groups is 1. The van der Waals surface area contributed by atoms with Crippen LogP contribution in [0.3, 0.4) is 0 Å². The van der Waals surface area contributed by atoms with Gasteiger partial charge in [-0.3, -0.25) is 4.79 Å². The monoisotopic (exact) mass is 345 g/mol. The minimum absolute atomic E-state index is 0.218. The Hall–Kier alpha value is -2.89. The molecular weight excluding hydrogens is 322 g/mol. The van der Waals surface area contributed by atoms with Crippen LogP contribution in [-0.4, -0.2) is 34.3 Å². The fourth-order valence-electron chi connectivity index (χ4n) is 2.42. The molecule has 1 amide bonds. The van der Waals surface area contributed by atoms with Crippen LogP contribution >= 0.6 is 0 Å². The van der Waals surface area contributed by atoms with Crippen molar-refractivity contribution in [3.05, 3.63) is 47.5 Å². The molecule has 1 N–H and O–H groups in total. The van der Waals surface area contributed by atoms with Crippen molar-refractivity contribution in [3.63, 3.8) is 0 Å². The molecule has 2 aromatic rings. The van der Waals surface area contributed by atoms with Crippen LogP contribution in [-0.2, 0) is 0 Å². The number of hydrogen-bond acceptors (Lipinski definition) is 5. The van der Waals surface area contributed by atoms with E-state index in [1.54, 1.807) is 46.6 Å². The molecule has 6 heteroatoms. The lowest BCUT2D eigenvalue weighted by Gasteiger charge is -2.17. The third-order valence-electron chi connectivity index (χ3n) is 3.87. The highest BCUT2D eigenvalue weighted by Gasteiger charge is 2.15. The number of ether oxygens (including phenoxy) is 4. The van der Waals surface area contributed by atoms with Crippen molar-refractivity contribution >= 4 is 5.91 Å². The van der Waals surface area contributed by atoms with Gasteiger partial charge >= 0.3 is 0 Å². The average Bonchev–Trinajstić information content (AvgIpc) is 2.66. The molecule has 0 saturated heterocycles. The zero-order valence-corrected chi connectivity index (χ0v) is 15.1. The molecule has 2 rings (SSSR count). The first-order valence-corrected chi connectivity index (χ1v) is 7.78. The Morgan fingerprint density at radius 3 is 1.96 bits per heavy atom. The Kier molecular flexibility index (Phi) is 6.11. The van der Waals surface area contributed by atoms with Crippen LogP contribution in [0.4, 0.5) is 0 Å². The summed E-state index contributed by atoms with van der Waals surface area (Å²) < 4.78 is 20.9. The zero-order chi connectivity index (χ0) is 18.4. The van der Waals surface area contributed by atoms with Gasteiger partial charge in [0.15, 0.2) is 11.5 Å². The molecule has 0 bridgehead atoms. The molecule has 2 aromatic carbocycles. The van der Waals surface area contributed by atoms with Crippen LogP contribution in [0.25, 0.3) is 0 Å². The van der Waals surface area contributed by atoms with E-state index < -0.39 is 0 Å². The van der Waals surface area contributed by atoms with Crippen LogP contribution in [0.2, 0.25) is 0 Å². The standard InChI is InChI=1S/C19H23NO5/c1-12(13-6-7-17(24-4)18(10-13)25-5)20-19(21)14-8-15(22-2)11-16(9-14)23-3/h6-12H,1-5H3,(H,20,21)/t12-/m0/s1. The fourth-order valence-corrected chi connectivity index (χ4v) is 2.42. The van der Waals surface area contributed by atoms with Crippen molar-refractivity contribution in [2.45, 2.75) is 13.0 Å². The first-order chi connectivity index (χ1) is 12.0. The van der Waals surface area contributed by atoms with E-state index in [0.29, 0.717) is 28.6 Å². The van der Waals surface area contributed by atoms with E-state index in [2.05, 4.69) is 5.32 Å². The van der Waals surface area contributed by atoms with Crippen molar-refractivity contribution in [1.82, 2.24) is 5.32 Å². The number of methoxy groups -OCH3 is 4. The van der Waals surface area contributed by atoms with Gasteiger partial charge in [-0.25, -0.2) is 0 Å². The van der Waals surface area contributed by atoms with Crippen molar-refractivity contribution in [2.75, 3.05) is 28.4 Å². The van der Waals surface area contributed by atoms with Crippen LogP contribution in [0.5, 0.6) is 23.0 Å². The van der Waals surface area contributed by atoms with Crippen LogP contribution in [0.1, 0.15) is 28.9 Å². The molecule has 0 aliphatic rings. The van der Waals surface area contributed by atoms with E-state index in [9.17, 15) is 4.79 Å². The predicted octanol–water partition coefficient (Wildman–Crippen LogP) is 3.21. The van der Waals surface area contributed by atoms with E-state index in [0.717, 1.165) is 5.56 Å². The summed E-state index contributed by atoms with van der Waals surface area (Å²) in [5, 5.41) is 2.96. The van der Waals surface area contributed by atoms with Crippen molar-refractivity contribution in [2.24, 2.45) is 0 Å². The summed E-state index contributed by atoms with van der Waals surface area (Å²) in [4.78, 5) is 12.6. The molecule has 0 saturated carbocycles. The topological polar surface area (TPSA) is 66.0 Å². The molecule has 0 unspecified atom stereocenters. The summed E-state index contributed by atoms with van der Waals surface area (Å²) in [5.41, 5.74) is 1.37. The minimum atomic E-state index is -0.223. The number of amides is 1. The lowest BCUT2D eigenvalue weighted by molar-refractivity contribution is 0.0939. The van der Waals surface area contributed by atoms with E-state index in [1.165, 1.54) is 0 Å². The summed E-state index contributed by atoms with van der Waals surface area (Å²) in [6.45, 7) is 1.90. The number of hydrogen-bond donors (Lipinski definition) is 1. The summed E-state index contributed by atoms with van der Waals surface area (Å²) in [7, 11) is 6.25. The maximum absolute atomic E-state index is 12.6. The van der Waals surface area contributed by atoms with Crippen LogP contribution in [0.15, 0.2) is 36.4 Å². The molecule has 0 heterocycles. The van der Waals surface area contributed by atoms with Gasteiger partial charge in [0.2, 0.25) is 0 Å². The predicted molar refractivity (Wildman–Crippen MR) is 95.0 cm³/mol. The second-order valence-electron chi connectivity index (χ2n) is 5.41. The lowest BCUT2D eigenvalue weighted by Crippen LogP contribution is -2.26. The van der Waals surface area contributed by atoms with Gasteiger partial charge in [0.05, 0.1) is 34.5 Å². The first-order valence-electron chi connectivity index (χ1n) is 7.78. The minimum Gasteiger partial charge on any atom is -0.497 e. The Morgan fingerprint density at radius 2 is 1.44 bits per heavy atom. The number of nitrogens with one attached hydrogen (secondary N) is 1. The normalized spacial score (nSPS) is 11.4. The molecule has 0 aliphatic carbocycles. The Balaban J connectivity index is 2.20. The highest BCUT2D eigenvalue weighted by atomic mass is 16.5. The molecule has 0 spiro atoms. The zero-order valence-electron chi connectivity index (χ0n) is 15.1. The molecule has 6 nitrogen and oxygen atoms in total. The van der Waals surface area contributed by atoms with Gasteiger partial charge in [0, 0.05) is 11.6 Å². The van der Waals surface area contributed by atoms with Gasteiger partial charge in [0.25, 0.3) is 5.91 Å². The third-order valence-corrected chi connectivity index (χ3v) is 3.87. The molecular formula is C19H23NO5. The highest BCUT2D eigenvalue weighted by molar-refractivity contribution is 5.95. The smallest absolute Gasteiger partial charge is 0.252 e. The summed E-state index contributed by atoms with van der Waals surface area (Å²) >= 11 is 0. The maximum Gasteiger partial charge on any atom is 0.252 e. The number of benzene rings is 2. The van der Waals surface area contributed by atoms with E-state index in [4.69, 9.17) is 18.9 Å². The van der Waals surface area contributed by atoms with Gasteiger partial charge in [-0.15, -0.1) is 0 Å². The molecule has 0 radical (unpaired) electrons. The Morgan fingerprint density at radius 1 is 0.840 bits per heavy atom. The summed E-state index contributed by atoms with van der Waals surface area (Å²) in [5.74, 6) is 2.15. The van der Waals surface area contributed by atoms with Crippen LogP contribution < -0.4 is 24.3 Å². The largest absolute Gasteiger partial charge is 0.497 e. The number of carbonyl (C=O) groups excluding carboxylic acids is 1. The Bertz CT molecular complexity index is 722. The molecule has 0 aliphatic heterocycles. The van der Waals surface area contributed by atoms with Crippen molar-refractivity contribution in [1.29, 1.82) is 0 Å². The van der Waals surface area contributed by atoms with Gasteiger partial charge < -0.3 is 24.3 Å². The third kappa shape index (κ3) is 4.35. The molecule has 0 fully saturated rings. The van der Waals surface area contributed by atoms with Gasteiger partial charge in [-0.2, -0.15) is 0 Å². The Labute approximate surface area is 147 Å². The molecule has 1 atom stereocenters. The quantitative estimate of drug-likeness (QED) is 0.835. The number of rotatable bonds is 7. The van der Waals surface area contributed by atoms with Crippen LogP contribution in [0, 0.1) is 0 Å². The van der Waals surface area contributed by atoms with Gasteiger partial charge in [-0.05, 0) is 36.8 Å². The SMILES string of the molecule is COc1cc(OC)cc(C(=O)N[C@@H](C)c2ccc(OC)c(OC)c2)c1. The van der Waals surface area contributed by atoms with Gasteiger partial charge in [0.1, 0.15) is 11.5 Å². The van der Waals surface area contributed by atoms with Crippen molar-refractivity contribution in [3.8, 4) is 23.0 Å². The maximum atomic E-state index is 12.6. The first kappa shape index (κ1) is 18.4. The summed E-state index contributed by atoms with van der Waals surface area (Å²) in [6, 6.07) is 10.4. The fraction of sp³-hybridized carbons (Fsp3) is 0.316. The van der Waals surface area contributed by atoms with E-state index in [1.807, 2.05) is 25.1 Å².